The number of nitrogens with one attached hydrogen (secondary N) is 2. The lowest BCUT2D eigenvalue weighted by atomic mass is 9.96. The maximum absolute atomic E-state index is 5.76. The predicted octanol–water partition coefficient (Wildman–Crippen LogP) is 0.320. The molecule has 0 aliphatic carbocycles. The molecule has 2 atom stereocenters. The van der Waals surface area contributed by atoms with Gasteiger partial charge in [0.2, 0.25) is 0 Å². The average molecular weight is 170 g/mol. The normalized spacial score (nSPS) is 38.8. The Balaban J connectivity index is 1.83. The van der Waals surface area contributed by atoms with Gasteiger partial charge in [0.05, 0.1) is 6.10 Å². The third-order valence-electron chi connectivity index (χ3n) is 2.80. The van der Waals surface area contributed by atoms with Crippen LogP contribution in [0.15, 0.2) is 0 Å². The lowest BCUT2D eigenvalue weighted by molar-refractivity contribution is 0.00372. The fourth-order valence-corrected chi connectivity index (χ4v) is 2.05. The highest BCUT2D eigenvalue weighted by atomic mass is 16.5. The van der Waals surface area contributed by atoms with E-state index in [0.717, 1.165) is 25.6 Å². The van der Waals surface area contributed by atoms with Crippen molar-refractivity contribution in [1.29, 1.82) is 0 Å². The van der Waals surface area contributed by atoms with Gasteiger partial charge in [0.15, 0.2) is 0 Å². The fraction of sp³-hybridized carbons (Fsp3) is 1.00. The van der Waals surface area contributed by atoms with Crippen LogP contribution in [0.25, 0.3) is 0 Å². The molecule has 3 heteroatoms. The second kappa shape index (κ2) is 3.73. The number of rotatable bonds is 1. The van der Waals surface area contributed by atoms with Gasteiger partial charge < -0.3 is 10.1 Å². The second-order valence-corrected chi connectivity index (χ2v) is 3.86. The van der Waals surface area contributed by atoms with Gasteiger partial charge in [-0.25, -0.2) is 0 Å². The van der Waals surface area contributed by atoms with Crippen LogP contribution in [-0.2, 0) is 4.74 Å². The van der Waals surface area contributed by atoms with Crippen molar-refractivity contribution in [2.75, 3.05) is 19.6 Å². The number of hydrogen-bond acceptors (Lipinski definition) is 3. The molecule has 2 aliphatic heterocycles. The zero-order valence-electron chi connectivity index (χ0n) is 7.68. The molecule has 3 nitrogen and oxygen atoms in total. The van der Waals surface area contributed by atoms with Crippen molar-refractivity contribution in [3.8, 4) is 0 Å². The zero-order valence-corrected chi connectivity index (χ0v) is 7.68. The van der Waals surface area contributed by atoms with Crippen molar-refractivity contribution in [2.45, 2.75) is 32.1 Å². The fourth-order valence-electron chi connectivity index (χ4n) is 2.05. The average Bonchev–Trinajstić information content (AvgIpc) is 2.54. The first-order valence-electron chi connectivity index (χ1n) is 4.96. The maximum Gasteiger partial charge on any atom is 0.111 e. The van der Waals surface area contributed by atoms with Gasteiger partial charge in [-0.3, -0.25) is 5.32 Å². The van der Waals surface area contributed by atoms with Crippen LogP contribution in [0.4, 0.5) is 0 Å². The Morgan fingerprint density at radius 2 is 2.00 bits per heavy atom. The predicted molar refractivity (Wildman–Crippen MR) is 47.9 cm³/mol. The highest BCUT2D eigenvalue weighted by molar-refractivity contribution is 4.80. The molecular formula is C9H18N2O. The van der Waals surface area contributed by atoms with Gasteiger partial charge in [0, 0.05) is 12.5 Å². The van der Waals surface area contributed by atoms with Gasteiger partial charge in [0.25, 0.3) is 0 Å². The quantitative estimate of drug-likeness (QED) is 0.594. The number of piperidine rings is 1. The summed E-state index contributed by atoms with van der Waals surface area (Å²) in [7, 11) is 0. The van der Waals surface area contributed by atoms with Crippen molar-refractivity contribution in [2.24, 2.45) is 5.92 Å². The minimum Gasteiger partial charge on any atom is -0.359 e. The Morgan fingerprint density at radius 3 is 2.58 bits per heavy atom. The molecule has 0 aromatic carbocycles. The topological polar surface area (TPSA) is 33.3 Å². The lowest BCUT2D eigenvalue weighted by Crippen LogP contribution is -2.39. The summed E-state index contributed by atoms with van der Waals surface area (Å²) in [6.07, 6.45) is 3.25. The zero-order chi connectivity index (χ0) is 8.39. The van der Waals surface area contributed by atoms with E-state index in [0.29, 0.717) is 12.3 Å². The summed E-state index contributed by atoms with van der Waals surface area (Å²) in [6, 6.07) is 0. The van der Waals surface area contributed by atoms with Crippen LogP contribution in [0.2, 0.25) is 0 Å². The van der Waals surface area contributed by atoms with Crippen molar-refractivity contribution >= 4 is 0 Å². The summed E-state index contributed by atoms with van der Waals surface area (Å²) in [5, 5.41) is 6.79. The Hall–Kier alpha value is -0.120. The summed E-state index contributed by atoms with van der Waals surface area (Å²) >= 11 is 0. The molecule has 70 valence electrons. The minimum atomic E-state index is 0.335. The molecule has 0 radical (unpaired) electrons. The standard InChI is InChI=1S/C9H18N2O/c1-7-6-11-9(12-7)8-2-4-10-5-3-8/h7-11H,2-6H2,1H3. The van der Waals surface area contributed by atoms with Crippen molar-refractivity contribution in [1.82, 2.24) is 10.6 Å². The van der Waals surface area contributed by atoms with Gasteiger partial charge in [0.1, 0.15) is 6.23 Å². The lowest BCUT2D eigenvalue weighted by Gasteiger charge is -2.27. The number of hydrogen-bond donors (Lipinski definition) is 2. The highest BCUT2D eigenvalue weighted by Crippen LogP contribution is 2.21. The van der Waals surface area contributed by atoms with Crippen LogP contribution >= 0.6 is 0 Å². The molecule has 2 rings (SSSR count). The number of ether oxygens (including phenoxy) is 1. The van der Waals surface area contributed by atoms with Crippen molar-refractivity contribution < 1.29 is 4.74 Å². The van der Waals surface area contributed by atoms with E-state index in [4.69, 9.17) is 4.74 Å². The first-order chi connectivity index (χ1) is 5.86. The van der Waals surface area contributed by atoms with E-state index in [9.17, 15) is 0 Å². The molecule has 2 aliphatic rings. The Kier molecular flexibility index (Phi) is 2.63. The van der Waals surface area contributed by atoms with E-state index < -0.39 is 0 Å². The molecule has 2 fully saturated rings. The smallest absolute Gasteiger partial charge is 0.111 e. The summed E-state index contributed by atoms with van der Waals surface area (Å²) in [4.78, 5) is 0. The highest BCUT2D eigenvalue weighted by Gasteiger charge is 2.29. The first kappa shape index (κ1) is 8.48. The van der Waals surface area contributed by atoms with E-state index in [1.807, 2.05) is 0 Å². The molecule has 0 aromatic heterocycles. The summed E-state index contributed by atoms with van der Waals surface area (Å²) in [5.74, 6) is 0.733. The molecule has 0 amide bonds. The summed E-state index contributed by atoms with van der Waals surface area (Å²) in [6.45, 7) is 5.46. The Labute approximate surface area is 73.9 Å². The molecule has 0 aromatic rings. The molecule has 2 unspecified atom stereocenters. The molecule has 2 N–H and O–H groups in total. The van der Waals surface area contributed by atoms with Crippen LogP contribution in [0.5, 0.6) is 0 Å². The van der Waals surface area contributed by atoms with Crippen molar-refractivity contribution in [3.63, 3.8) is 0 Å². The van der Waals surface area contributed by atoms with E-state index in [-0.39, 0.29) is 0 Å². The third-order valence-corrected chi connectivity index (χ3v) is 2.80. The van der Waals surface area contributed by atoms with Crippen LogP contribution in [-0.4, -0.2) is 32.0 Å². The molecule has 0 bridgehead atoms. The second-order valence-electron chi connectivity index (χ2n) is 3.86. The Morgan fingerprint density at radius 1 is 1.25 bits per heavy atom. The third kappa shape index (κ3) is 1.79. The van der Waals surface area contributed by atoms with Gasteiger partial charge in [-0.05, 0) is 32.9 Å². The van der Waals surface area contributed by atoms with Gasteiger partial charge in [-0.1, -0.05) is 0 Å². The van der Waals surface area contributed by atoms with Gasteiger partial charge in [-0.15, -0.1) is 0 Å². The van der Waals surface area contributed by atoms with Crippen LogP contribution < -0.4 is 10.6 Å². The SMILES string of the molecule is CC1CNC(C2CCNCC2)O1. The largest absolute Gasteiger partial charge is 0.359 e. The van der Waals surface area contributed by atoms with E-state index in [1.54, 1.807) is 0 Å². The van der Waals surface area contributed by atoms with Crippen molar-refractivity contribution in [3.05, 3.63) is 0 Å². The first-order valence-corrected chi connectivity index (χ1v) is 4.96. The van der Waals surface area contributed by atoms with Crippen LogP contribution in [0.1, 0.15) is 19.8 Å². The molecule has 0 spiro atoms. The molecular weight excluding hydrogens is 152 g/mol. The van der Waals surface area contributed by atoms with Crippen LogP contribution in [0.3, 0.4) is 0 Å². The molecule has 0 saturated carbocycles. The summed E-state index contributed by atoms with van der Waals surface area (Å²) < 4.78 is 5.76. The van der Waals surface area contributed by atoms with E-state index >= 15 is 0 Å². The minimum absolute atomic E-state index is 0.335. The summed E-state index contributed by atoms with van der Waals surface area (Å²) in [5.41, 5.74) is 0. The maximum atomic E-state index is 5.76. The monoisotopic (exact) mass is 170 g/mol. The van der Waals surface area contributed by atoms with Crippen LogP contribution in [0, 0.1) is 5.92 Å². The van der Waals surface area contributed by atoms with E-state index in [1.165, 1.54) is 12.8 Å². The van der Waals surface area contributed by atoms with E-state index in [2.05, 4.69) is 17.6 Å². The molecule has 12 heavy (non-hydrogen) atoms. The molecule has 2 heterocycles. The molecule has 2 saturated heterocycles. The Bertz CT molecular complexity index is 143. The van der Waals surface area contributed by atoms with Gasteiger partial charge >= 0.3 is 0 Å². The van der Waals surface area contributed by atoms with Gasteiger partial charge in [-0.2, -0.15) is 0 Å².